The second-order valence-corrected chi connectivity index (χ2v) is 13.4. The normalized spacial score (nSPS) is 14.6. The zero-order valence-corrected chi connectivity index (χ0v) is 26.4. The van der Waals surface area contributed by atoms with E-state index in [-0.39, 0.29) is 10.8 Å². The number of nitrogens with zero attached hydrogens (tertiary/aromatic N) is 1. The van der Waals surface area contributed by atoms with Crippen LogP contribution in [-0.4, -0.2) is 0 Å². The quantitative estimate of drug-likeness (QED) is 0.183. The highest BCUT2D eigenvalue weighted by molar-refractivity contribution is 6.18. The molecule has 45 heavy (non-hydrogen) atoms. The third-order valence-electron chi connectivity index (χ3n) is 10.6. The Labute approximate surface area is 266 Å². The SMILES string of the molecule is CC1(C)c2cccc3cc(-c4ccc(N(c5ccccc5)c5ccc(-c6ccccc6)cc5)cc4)c4cccc(c4c23)C1(C)C. The summed E-state index contributed by atoms with van der Waals surface area (Å²) in [5.41, 5.74) is 11.3. The predicted molar refractivity (Wildman–Crippen MR) is 193 cm³/mol. The molecule has 0 spiro atoms. The first-order chi connectivity index (χ1) is 21.8. The molecular weight excluding hydrogens is 542 g/mol. The van der Waals surface area contributed by atoms with E-state index in [1.165, 1.54) is 54.9 Å². The molecule has 0 unspecified atom stereocenters. The average molecular weight is 580 g/mol. The van der Waals surface area contributed by atoms with Gasteiger partial charge in [0, 0.05) is 17.1 Å². The monoisotopic (exact) mass is 579 g/mol. The molecule has 0 saturated carbocycles. The molecule has 0 radical (unpaired) electrons. The largest absolute Gasteiger partial charge is 0.311 e. The van der Waals surface area contributed by atoms with Crippen LogP contribution in [0.4, 0.5) is 17.1 Å². The van der Waals surface area contributed by atoms with Gasteiger partial charge in [-0.1, -0.05) is 137 Å². The van der Waals surface area contributed by atoms with Crippen molar-refractivity contribution in [2.24, 2.45) is 0 Å². The zero-order valence-electron chi connectivity index (χ0n) is 26.4. The van der Waals surface area contributed by atoms with Crippen molar-refractivity contribution in [3.63, 3.8) is 0 Å². The van der Waals surface area contributed by atoms with Gasteiger partial charge in [-0.3, -0.25) is 0 Å². The molecule has 218 valence electrons. The molecule has 7 aromatic rings. The van der Waals surface area contributed by atoms with Crippen molar-refractivity contribution >= 4 is 38.6 Å². The maximum atomic E-state index is 2.41. The lowest BCUT2D eigenvalue weighted by atomic mass is 9.56. The highest BCUT2D eigenvalue weighted by Gasteiger charge is 2.44. The van der Waals surface area contributed by atoms with E-state index >= 15 is 0 Å². The summed E-state index contributed by atoms with van der Waals surface area (Å²) in [7, 11) is 0. The fourth-order valence-electron chi connectivity index (χ4n) is 7.45. The van der Waals surface area contributed by atoms with E-state index in [1.54, 1.807) is 0 Å². The number of anilines is 3. The molecule has 0 atom stereocenters. The number of para-hydroxylation sites is 1. The van der Waals surface area contributed by atoms with Gasteiger partial charge in [-0.15, -0.1) is 0 Å². The summed E-state index contributed by atoms with van der Waals surface area (Å²) >= 11 is 0. The van der Waals surface area contributed by atoms with Crippen molar-refractivity contribution in [2.45, 2.75) is 38.5 Å². The molecule has 8 rings (SSSR count). The van der Waals surface area contributed by atoms with Gasteiger partial charge in [0.25, 0.3) is 0 Å². The second-order valence-electron chi connectivity index (χ2n) is 13.4. The maximum Gasteiger partial charge on any atom is 0.0462 e. The zero-order chi connectivity index (χ0) is 30.8. The van der Waals surface area contributed by atoms with E-state index in [2.05, 4.69) is 184 Å². The van der Waals surface area contributed by atoms with Gasteiger partial charge in [0.05, 0.1) is 0 Å². The van der Waals surface area contributed by atoms with Crippen LogP contribution < -0.4 is 4.90 Å². The van der Waals surface area contributed by atoms with Crippen LogP contribution in [0, 0.1) is 0 Å². The molecule has 0 heterocycles. The standard InChI is InChI=1S/C44H37N/c1-43(2)39-19-11-15-33-29-38(37-18-12-20-40(44(43,3)4)42(37)41(33)39)32-23-27-36(28-24-32)45(34-16-9-6-10-17-34)35-25-21-31(22-26-35)30-13-7-5-8-14-30/h5-29H,1-4H3. The Morgan fingerprint density at radius 2 is 0.889 bits per heavy atom. The van der Waals surface area contributed by atoms with E-state index in [1.807, 2.05) is 0 Å². The highest BCUT2D eigenvalue weighted by Crippen LogP contribution is 2.54. The molecule has 0 fully saturated rings. The molecule has 1 heteroatoms. The summed E-state index contributed by atoms with van der Waals surface area (Å²) in [5.74, 6) is 0. The van der Waals surface area contributed by atoms with E-state index in [9.17, 15) is 0 Å². The summed E-state index contributed by atoms with van der Waals surface area (Å²) in [5, 5.41) is 5.49. The minimum atomic E-state index is 0.00250. The Hall–Kier alpha value is -5.14. The van der Waals surface area contributed by atoms with Gasteiger partial charge >= 0.3 is 0 Å². The summed E-state index contributed by atoms with van der Waals surface area (Å²) in [4.78, 5) is 2.34. The van der Waals surface area contributed by atoms with Crippen LogP contribution >= 0.6 is 0 Å². The first-order valence-corrected chi connectivity index (χ1v) is 16.0. The lowest BCUT2D eigenvalue weighted by molar-refractivity contribution is 0.304. The topological polar surface area (TPSA) is 3.24 Å². The summed E-state index contributed by atoms with van der Waals surface area (Å²) in [6, 6.07) is 55.4. The van der Waals surface area contributed by atoms with E-state index in [0.717, 1.165) is 17.1 Å². The van der Waals surface area contributed by atoms with Crippen LogP contribution in [-0.2, 0) is 10.8 Å². The third-order valence-corrected chi connectivity index (χ3v) is 10.6. The molecule has 0 saturated heterocycles. The molecular formula is C44H37N. The molecule has 7 aromatic carbocycles. The van der Waals surface area contributed by atoms with E-state index in [0.29, 0.717) is 0 Å². The molecule has 0 aromatic heterocycles. The Morgan fingerprint density at radius 3 is 1.51 bits per heavy atom. The van der Waals surface area contributed by atoms with Crippen molar-refractivity contribution in [1.29, 1.82) is 0 Å². The Kier molecular flexibility index (Phi) is 6.22. The summed E-state index contributed by atoms with van der Waals surface area (Å²) in [6.45, 7) is 9.64. The van der Waals surface area contributed by atoms with E-state index in [4.69, 9.17) is 0 Å². The minimum absolute atomic E-state index is 0.00250. The van der Waals surface area contributed by atoms with Crippen molar-refractivity contribution in [1.82, 2.24) is 0 Å². The number of benzene rings is 7. The average Bonchev–Trinajstić information content (AvgIpc) is 3.08. The molecule has 1 aliphatic rings. The first-order valence-electron chi connectivity index (χ1n) is 16.0. The number of hydrogen-bond donors (Lipinski definition) is 0. The Bertz CT molecular complexity index is 2170. The van der Waals surface area contributed by atoms with Gasteiger partial charge in [-0.25, -0.2) is 0 Å². The van der Waals surface area contributed by atoms with E-state index < -0.39 is 0 Å². The van der Waals surface area contributed by atoms with Crippen molar-refractivity contribution in [3.05, 3.63) is 163 Å². The van der Waals surface area contributed by atoms with Crippen LogP contribution in [0.25, 0.3) is 43.8 Å². The second kappa shape index (κ2) is 10.2. The molecule has 0 bridgehead atoms. The molecule has 1 nitrogen and oxygen atoms in total. The summed E-state index contributed by atoms with van der Waals surface area (Å²) < 4.78 is 0. The van der Waals surface area contributed by atoms with Gasteiger partial charge in [-0.2, -0.15) is 0 Å². The Morgan fingerprint density at radius 1 is 0.400 bits per heavy atom. The third kappa shape index (κ3) is 4.22. The first kappa shape index (κ1) is 27.4. The van der Waals surface area contributed by atoms with Gasteiger partial charge in [0.15, 0.2) is 0 Å². The molecule has 0 N–H and O–H groups in total. The van der Waals surface area contributed by atoms with Crippen molar-refractivity contribution in [3.8, 4) is 22.3 Å². The number of hydrogen-bond acceptors (Lipinski definition) is 1. The Balaban J connectivity index is 1.25. The van der Waals surface area contributed by atoms with Crippen molar-refractivity contribution in [2.75, 3.05) is 4.90 Å². The summed E-state index contributed by atoms with van der Waals surface area (Å²) in [6.07, 6.45) is 0. The van der Waals surface area contributed by atoms with Gasteiger partial charge in [-0.05, 0) is 108 Å². The molecule has 1 aliphatic carbocycles. The maximum absolute atomic E-state index is 2.41. The highest BCUT2D eigenvalue weighted by atomic mass is 15.1. The lowest BCUT2D eigenvalue weighted by Gasteiger charge is -2.47. The fourth-order valence-corrected chi connectivity index (χ4v) is 7.45. The van der Waals surface area contributed by atoms with Crippen LogP contribution in [0.15, 0.2) is 152 Å². The molecule has 0 aliphatic heterocycles. The van der Waals surface area contributed by atoms with Crippen molar-refractivity contribution < 1.29 is 0 Å². The predicted octanol–water partition coefficient (Wildman–Crippen LogP) is 12.4. The minimum Gasteiger partial charge on any atom is -0.311 e. The lowest BCUT2D eigenvalue weighted by Crippen LogP contribution is -2.42. The van der Waals surface area contributed by atoms with Gasteiger partial charge in [0.2, 0.25) is 0 Å². The van der Waals surface area contributed by atoms with Crippen LogP contribution in [0.5, 0.6) is 0 Å². The van der Waals surface area contributed by atoms with Gasteiger partial charge < -0.3 is 4.90 Å². The van der Waals surface area contributed by atoms with Crippen LogP contribution in [0.2, 0.25) is 0 Å². The molecule has 0 amide bonds. The van der Waals surface area contributed by atoms with Crippen LogP contribution in [0.3, 0.4) is 0 Å². The smallest absolute Gasteiger partial charge is 0.0462 e. The number of rotatable bonds is 5. The fraction of sp³-hybridized carbons (Fsp3) is 0.136. The van der Waals surface area contributed by atoms with Gasteiger partial charge in [0.1, 0.15) is 0 Å². The van der Waals surface area contributed by atoms with Crippen LogP contribution in [0.1, 0.15) is 38.8 Å².